The van der Waals surface area contributed by atoms with Gasteiger partial charge in [0.25, 0.3) is 0 Å². The Morgan fingerprint density at radius 1 is 1.12 bits per heavy atom. The number of ether oxygens (including phenoxy) is 1. The van der Waals surface area contributed by atoms with E-state index in [1.807, 2.05) is 56.8 Å². The van der Waals surface area contributed by atoms with Gasteiger partial charge in [0.05, 0.1) is 30.7 Å². The Hall–Kier alpha value is -3.23. The van der Waals surface area contributed by atoms with Crippen LogP contribution in [-0.2, 0) is 27.8 Å². The number of pyridine rings is 1. The van der Waals surface area contributed by atoms with Crippen molar-refractivity contribution in [2.45, 2.75) is 38.8 Å². The van der Waals surface area contributed by atoms with Crippen molar-refractivity contribution in [2.75, 3.05) is 31.2 Å². The van der Waals surface area contributed by atoms with E-state index in [2.05, 4.69) is 34.1 Å². The number of imidazole rings is 1. The summed E-state index contributed by atoms with van der Waals surface area (Å²) in [5.41, 5.74) is 3.54. The van der Waals surface area contributed by atoms with Gasteiger partial charge >= 0.3 is 0 Å². The van der Waals surface area contributed by atoms with Gasteiger partial charge in [-0.15, -0.1) is 0 Å². The van der Waals surface area contributed by atoms with Gasteiger partial charge in [0, 0.05) is 44.1 Å². The summed E-state index contributed by atoms with van der Waals surface area (Å²) >= 11 is 0. The third-order valence-electron chi connectivity index (χ3n) is 5.78. The molecule has 180 valence electrons. The molecule has 1 amide bonds. The van der Waals surface area contributed by atoms with E-state index < -0.39 is 11.6 Å². The maximum absolute atomic E-state index is 12.1. The first kappa shape index (κ1) is 23.9. The predicted molar refractivity (Wildman–Crippen MR) is 131 cm³/mol. The summed E-state index contributed by atoms with van der Waals surface area (Å²) in [6.45, 7) is 9.08. The monoisotopic (exact) mass is 463 g/mol. The molecule has 1 aromatic carbocycles. The zero-order valence-electron chi connectivity index (χ0n) is 20.3. The fourth-order valence-corrected chi connectivity index (χ4v) is 4.15. The Bertz CT molecular complexity index is 1070. The Kier molecular flexibility index (Phi) is 7.29. The van der Waals surface area contributed by atoms with Crippen molar-refractivity contribution >= 4 is 12.1 Å². The second-order valence-electron chi connectivity index (χ2n) is 9.42. The number of hydrogen-bond acceptors (Lipinski definition) is 6. The van der Waals surface area contributed by atoms with Crippen LogP contribution in [0.4, 0.5) is 5.69 Å². The average Bonchev–Trinajstić information content (AvgIpc) is 3.23. The van der Waals surface area contributed by atoms with Crippen molar-refractivity contribution in [3.05, 3.63) is 66.4 Å². The first-order valence-corrected chi connectivity index (χ1v) is 11.6. The molecule has 8 nitrogen and oxygen atoms in total. The van der Waals surface area contributed by atoms with Crippen molar-refractivity contribution in [3.63, 3.8) is 0 Å². The predicted octanol–water partition coefficient (Wildman–Crippen LogP) is 3.79. The van der Waals surface area contributed by atoms with E-state index >= 15 is 0 Å². The molecule has 1 aliphatic rings. The summed E-state index contributed by atoms with van der Waals surface area (Å²) in [6.07, 6.45) is 4.81. The SMILES string of the molecule is Cn1c(-c2ccc(N3CCOCC3)cc2)cnc1[C@H](Cc1ccccn1)N(C=O)OC(C)(C)C. The van der Waals surface area contributed by atoms with E-state index in [1.165, 1.54) is 10.8 Å². The van der Waals surface area contributed by atoms with Crippen LogP contribution >= 0.6 is 0 Å². The van der Waals surface area contributed by atoms with E-state index in [4.69, 9.17) is 14.6 Å². The molecule has 34 heavy (non-hydrogen) atoms. The summed E-state index contributed by atoms with van der Waals surface area (Å²) in [7, 11) is 1.97. The number of carbonyl (C=O) groups is 1. The lowest BCUT2D eigenvalue weighted by atomic mass is 10.1. The number of benzene rings is 1. The molecule has 4 rings (SSSR count). The number of carbonyl (C=O) groups excluding carboxylic acids is 1. The first-order valence-electron chi connectivity index (χ1n) is 11.6. The minimum atomic E-state index is -0.535. The van der Waals surface area contributed by atoms with E-state index in [0.29, 0.717) is 6.42 Å². The highest BCUT2D eigenvalue weighted by Crippen LogP contribution is 2.30. The van der Waals surface area contributed by atoms with Gasteiger partial charge in [-0.05, 0) is 50.6 Å². The Labute approximate surface area is 201 Å². The maximum Gasteiger partial charge on any atom is 0.234 e. The normalized spacial score (nSPS) is 15.2. The van der Waals surface area contributed by atoms with Crippen molar-refractivity contribution in [2.24, 2.45) is 7.05 Å². The highest BCUT2D eigenvalue weighted by Gasteiger charge is 2.29. The molecule has 0 bridgehead atoms. The first-order chi connectivity index (χ1) is 16.4. The lowest BCUT2D eigenvalue weighted by Crippen LogP contribution is -2.38. The van der Waals surface area contributed by atoms with Crippen LogP contribution in [0.25, 0.3) is 11.3 Å². The van der Waals surface area contributed by atoms with E-state index in [-0.39, 0.29) is 0 Å². The number of anilines is 1. The van der Waals surface area contributed by atoms with Crippen LogP contribution in [0, 0.1) is 0 Å². The Balaban J connectivity index is 1.63. The number of morpholine rings is 1. The zero-order valence-corrected chi connectivity index (χ0v) is 20.3. The lowest BCUT2D eigenvalue weighted by Gasteiger charge is -2.32. The summed E-state index contributed by atoms with van der Waals surface area (Å²) in [6, 6.07) is 13.8. The number of nitrogens with zero attached hydrogens (tertiary/aromatic N) is 5. The number of hydrogen-bond donors (Lipinski definition) is 0. The van der Waals surface area contributed by atoms with Crippen LogP contribution in [0.1, 0.15) is 38.3 Å². The molecule has 1 aliphatic heterocycles. The largest absolute Gasteiger partial charge is 0.378 e. The highest BCUT2D eigenvalue weighted by atomic mass is 16.7. The van der Waals surface area contributed by atoms with Gasteiger partial charge in [-0.3, -0.25) is 14.6 Å². The minimum absolute atomic E-state index is 0.432. The topological polar surface area (TPSA) is 72.7 Å². The van der Waals surface area contributed by atoms with E-state index in [9.17, 15) is 4.79 Å². The second-order valence-corrected chi connectivity index (χ2v) is 9.42. The van der Waals surface area contributed by atoms with Gasteiger partial charge in [0.15, 0.2) is 0 Å². The molecular weight excluding hydrogens is 430 g/mol. The van der Waals surface area contributed by atoms with Crippen molar-refractivity contribution in [3.8, 4) is 11.3 Å². The van der Waals surface area contributed by atoms with E-state index in [0.717, 1.165) is 55.5 Å². The van der Waals surface area contributed by atoms with Crippen LogP contribution in [0.2, 0.25) is 0 Å². The standard InChI is InChI=1S/C26H33N5O3/c1-26(2,3)34-31(19-32)23(17-21-7-5-6-12-27-21)25-28-18-24(29(25)4)20-8-10-22(11-9-20)30-13-15-33-16-14-30/h5-12,18-19,23H,13-17H2,1-4H3/t23-/m0/s1. The van der Waals surface area contributed by atoms with Gasteiger partial charge < -0.3 is 14.2 Å². The second kappa shape index (κ2) is 10.4. The average molecular weight is 464 g/mol. The minimum Gasteiger partial charge on any atom is -0.378 e. The fraction of sp³-hybridized carbons (Fsp3) is 0.423. The van der Waals surface area contributed by atoms with Crippen molar-refractivity contribution in [1.29, 1.82) is 0 Å². The fourth-order valence-electron chi connectivity index (χ4n) is 4.15. The molecule has 0 saturated carbocycles. The van der Waals surface area contributed by atoms with Crippen LogP contribution in [0.3, 0.4) is 0 Å². The zero-order chi connectivity index (χ0) is 24.1. The van der Waals surface area contributed by atoms with Gasteiger partial charge in [0.2, 0.25) is 6.41 Å². The summed E-state index contributed by atoms with van der Waals surface area (Å²) in [5, 5.41) is 1.36. The number of amides is 1. The van der Waals surface area contributed by atoms with Gasteiger partial charge in [-0.25, -0.2) is 10.0 Å². The molecular formula is C26H33N5O3. The van der Waals surface area contributed by atoms with Gasteiger partial charge in [0.1, 0.15) is 11.9 Å². The van der Waals surface area contributed by atoms with Gasteiger partial charge in [-0.2, -0.15) is 0 Å². The maximum atomic E-state index is 12.1. The van der Waals surface area contributed by atoms with Crippen LogP contribution in [-0.4, -0.2) is 57.9 Å². The molecule has 0 unspecified atom stereocenters. The van der Waals surface area contributed by atoms with Gasteiger partial charge in [-0.1, -0.05) is 18.2 Å². The lowest BCUT2D eigenvalue weighted by molar-refractivity contribution is -0.235. The van der Waals surface area contributed by atoms with Crippen molar-refractivity contribution < 1.29 is 14.4 Å². The molecule has 2 aromatic heterocycles. The quantitative estimate of drug-likeness (QED) is 0.374. The third-order valence-corrected chi connectivity index (χ3v) is 5.78. The summed E-state index contributed by atoms with van der Waals surface area (Å²) in [5.74, 6) is 0.731. The molecule has 1 saturated heterocycles. The number of hydroxylamine groups is 2. The highest BCUT2D eigenvalue weighted by molar-refractivity contribution is 5.63. The Morgan fingerprint density at radius 2 is 1.85 bits per heavy atom. The molecule has 3 heterocycles. The molecule has 0 spiro atoms. The molecule has 1 fully saturated rings. The van der Waals surface area contributed by atoms with Crippen LogP contribution < -0.4 is 4.90 Å². The smallest absolute Gasteiger partial charge is 0.234 e. The van der Waals surface area contributed by atoms with E-state index in [1.54, 1.807) is 6.20 Å². The summed E-state index contributed by atoms with van der Waals surface area (Å²) in [4.78, 5) is 29.6. The number of aromatic nitrogens is 3. The molecule has 0 N–H and O–H groups in total. The molecule has 0 radical (unpaired) electrons. The van der Waals surface area contributed by atoms with Crippen molar-refractivity contribution in [1.82, 2.24) is 19.6 Å². The molecule has 3 aromatic rings. The molecule has 8 heteroatoms. The summed E-state index contributed by atoms with van der Waals surface area (Å²) < 4.78 is 7.49. The van der Waals surface area contributed by atoms with Crippen LogP contribution in [0.5, 0.6) is 0 Å². The molecule has 0 aliphatic carbocycles. The third kappa shape index (κ3) is 5.63. The van der Waals surface area contributed by atoms with Crippen LogP contribution in [0.15, 0.2) is 54.9 Å². The molecule has 1 atom stereocenters. The number of rotatable bonds is 8. The Morgan fingerprint density at radius 3 is 2.47 bits per heavy atom.